The molecule has 5 rings (SSSR count). The molecule has 0 spiro atoms. The molecule has 2 aromatic carbocycles. The van der Waals surface area contributed by atoms with E-state index >= 15 is 0 Å². The van der Waals surface area contributed by atoms with E-state index < -0.39 is 21.4 Å². The van der Waals surface area contributed by atoms with E-state index in [1.54, 1.807) is 55.4 Å². The third-order valence-corrected chi connectivity index (χ3v) is 13.1. The zero-order valence-electron chi connectivity index (χ0n) is 27.0. The van der Waals surface area contributed by atoms with Crippen molar-refractivity contribution in [2.24, 2.45) is 0 Å². The second-order valence-corrected chi connectivity index (χ2v) is 21.6. The molecule has 0 saturated carbocycles. The Labute approximate surface area is 278 Å². The Kier molecular flexibility index (Phi) is 11.6. The molecule has 1 aliphatic rings. The van der Waals surface area contributed by atoms with E-state index in [4.69, 9.17) is 20.8 Å². The first-order chi connectivity index (χ1) is 20.1. The maximum Gasteiger partial charge on any atom is 0.494 e. The van der Waals surface area contributed by atoms with Gasteiger partial charge in [-0.05, 0) is 114 Å². The van der Waals surface area contributed by atoms with Crippen LogP contribution in [-0.4, -0.2) is 54.9 Å². The van der Waals surface area contributed by atoms with Gasteiger partial charge in [-0.1, -0.05) is 12.1 Å². The SMILES string of the molecule is CC1(C)OB(c2ccc(N)c(P(C)(C)=O)c2)OC1(C)C.Cc1scnc1-c1ccc(N)c(P(C)(C)=O)c1.Cc1scnc1Br. The second-order valence-electron chi connectivity index (χ2n) is 12.3. The van der Waals surface area contributed by atoms with Crippen LogP contribution in [0.3, 0.4) is 0 Å². The van der Waals surface area contributed by atoms with Gasteiger partial charge in [0.2, 0.25) is 0 Å². The third kappa shape index (κ3) is 8.94. The number of rotatable bonds is 4. The number of nitrogen functional groups attached to an aromatic ring is 2. The van der Waals surface area contributed by atoms with Crippen molar-refractivity contribution in [3.63, 3.8) is 0 Å². The van der Waals surface area contributed by atoms with Crippen molar-refractivity contribution in [2.75, 3.05) is 38.1 Å². The summed E-state index contributed by atoms with van der Waals surface area (Å²) in [5.41, 5.74) is 18.6. The fourth-order valence-electron chi connectivity index (χ4n) is 4.18. The summed E-state index contributed by atoms with van der Waals surface area (Å²) in [6.07, 6.45) is 0. The van der Waals surface area contributed by atoms with E-state index in [0.29, 0.717) is 16.7 Å². The molecule has 1 aliphatic heterocycles. The van der Waals surface area contributed by atoms with Gasteiger partial charge in [0.25, 0.3) is 0 Å². The number of thiazole rings is 2. The predicted octanol–water partition coefficient (Wildman–Crippen LogP) is 6.98. The van der Waals surface area contributed by atoms with E-state index in [1.807, 2.05) is 82.9 Å². The molecule has 0 amide bonds. The molecule has 0 radical (unpaired) electrons. The van der Waals surface area contributed by atoms with Crippen LogP contribution in [-0.2, 0) is 18.4 Å². The van der Waals surface area contributed by atoms with E-state index in [-0.39, 0.29) is 11.2 Å². The van der Waals surface area contributed by atoms with Crippen LogP contribution >= 0.6 is 52.9 Å². The number of hydrogen-bond acceptors (Lipinski definition) is 10. The highest BCUT2D eigenvalue weighted by Gasteiger charge is 2.51. The van der Waals surface area contributed by atoms with Crippen LogP contribution in [0.4, 0.5) is 11.4 Å². The number of hydrogen-bond donors (Lipinski definition) is 2. The number of benzene rings is 2. The van der Waals surface area contributed by atoms with E-state index in [9.17, 15) is 9.13 Å². The van der Waals surface area contributed by atoms with Crippen molar-refractivity contribution < 1.29 is 18.4 Å². The number of aromatic nitrogens is 2. The lowest BCUT2D eigenvalue weighted by Gasteiger charge is -2.32. The average molecular weight is 739 g/mol. The Morgan fingerprint density at radius 1 is 0.773 bits per heavy atom. The first kappa shape index (κ1) is 36.7. The quantitative estimate of drug-likeness (QED) is 0.130. The summed E-state index contributed by atoms with van der Waals surface area (Å²) in [4.78, 5) is 10.7. The molecule has 4 N–H and O–H groups in total. The van der Waals surface area contributed by atoms with Crippen molar-refractivity contribution in [3.8, 4) is 11.3 Å². The Morgan fingerprint density at radius 3 is 1.66 bits per heavy atom. The smallest absolute Gasteiger partial charge is 0.399 e. The van der Waals surface area contributed by atoms with Gasteiger partial charge in [-0.2, -0.15) is 0 Å². The molecule has 1 fully saturated rings. The van der Waals surface area contributed by atoms with Crippen molar-refractivity contribution in [1.82, 2.24) is 9.97 Å². The zero-order chi connectivity index (χ0) is 33.3. The first-order valence-corrected chi connectivity index (χ1v) is 21.6. The Hall–Kier alpha value is -1.78. The third-order valence-electron chi connectivity index (χ3n) is 7.47. The molecule has 0 aliphatic carbocycles. The van der Waals surface area contributed by atoms with Gasteiger partial charge in [0.05, 0.1) is 27.9 Å². The molecule has 0 bridgehead atoms. The van der Waals surface area contributed by atoms with Gasteiger partial charge in [0, 0.05) is 37.3 Å². The first-order valence-electron chi connectivity index (χ1n) is 13.9. The summed E-state index contributed by atoms with van der Waals surface area (Å²) >= 11 is 6.52. The molecule has 0 unspecified atom stereocenters. The lowest BCUT2D eigenvalue weighted by molar-refractivity contribution is 0.00578. The highest BCUT2D eigenvalue weighted by molar-refractivity contribution is 9.10. The molecule has 2 aromatic heterocycles. The van der Waals surface area contributed by atoms with Gasteiger partial charge < -0.3 is 29.9 Å². The van der Waals surface area contributed by atoms with Crippen LogP contribution in [0, 0.1) is 13.8 Å². The maximum absolute atomic E-state index is 12.3. The van der Waals surface area contributed by atoms with Crippen LogP contribution in [0.5, 0.6) is 0 Å². The molecule has 14 heteroatoms. The minimum absolute atomic E-state index is 0.388. The molecule has 238 valence electrons. The minimum atomic E-state index is -2.42. The van der Waals surface area contributed by atoms with E-state index in [1.165, 1.54) is 4.88 Å². The van der Waals surface area contributed by atoms with Crippen molar-refractivity contribution >= 4 is 87.5 Å². The van der Waals surface area contributed by atoms with Crippen LogP contribution in [0.15, 0.2) is 52.0 Å². The summed E-state index contributed by atoms with van der Waals surface area (Å²) in [5, 5.41) is 1.42. The highest BCUT2D eigenvalue weighted by atomic mass is 79.9. The molecule has 0 atom stereocenters. The van der Waals surface area contributed by atoms with Gasteiger partial charge >= 0.3 is 7.12 Å². The molecular formula is C30H42BBrN4O4P2S2. The summed E-state index contributed by atoms with van der Waals surface area (Å²) in [7, 11) is -5.23. The van der Waals surface area contributed by atoms with Gasteiger partial charge in [0.1, 0.15) is 18.9 Å². The van der Waals surface area contributed by atoms with Crippen LogP contribution in [0.25, 0.3) is 11.3 Å². The van der Waals surface area contributed by atoms with Crippen molar-refractivity contribution in [1.29, 1.82) is 0 Å². The lowest BCUT2D eigenvalue weighted by Crippen LogP contribution is -2.41. The number of aryl methyl sites for hydroxylation is 2. The van der Waals surface area contributed by atoms with Crippen LogP contribution in [0.1, 0.15) is 37.4 Å². The molecule has 1 saturated heterocycles. The minimum Gasteiger partial charge on any atom is -0.399 e. The number of nitrogens with zero attached hydrogens (tertiary/aromatic N) is 2. The highest BCUT2D eigenvalue weighted by Crippen LogP contribution is 2.40. The number of halogens is 1. The largest absolute Gasteiger partial charge is 0.494 e. The summed E-state index contributed by atoms with van der Waals surface area (Å²) in [6.45, 7) is 19.0. The molecule has 8 nitrogen and oxygen atoms in total. The fraction of sp³-hybridized carbons (Fsp3) is 0.400. The predicted molar refractivity (Wildman–Crippen MR) is 196 cm³/mol. The normalized spacial score (nSPS) is 15.7. The van der Waals surface area contributed by atoms with Crippen molar-refractivity contribution in [2.45, 2.75) is 52.7 Å². The van der Waals surface area contributed by atoms with Gasteiger partial charge in [-0.15, -0.1) is 22.7 Å². The zero-order valence-corrected chi connectivity index (χ0v) is 32.0. The molecule has 4 aromatic rings. The standard InChI is InChI=1S/C14H23BNO3P.C12H15N2OPS.C4H4BrNS/c1-13(2)14(3,4)19-15(18-13)10-7-8-11(16)12(9-10)20(5,6)17;1-8-12(14-7-17-8)9-4-5-10(13)11(6-9)16(2,3)15;1-3-4(5)6-2-7-3/h7-9H,16H2,1-6H3;4-7H,13H2,1-3H3;2H,1H3. The molecule has 44 heavy (non-hydrogen) atoms. The van der Waals surface area contributed by atoms with Crippen molar-refractivity contribution in [3.05, 3.63) is 61.8 Å². The summed E-state index contributed by atoms with van der Waals surface area (Å²) in [6, 6.07) is 11.1. The average Bonchev–Trinajstić information content (AvgIpc) is 3.55. The number of nitrogens with two attached hydrogens (primary N) is 2. The van der Waals surface area contributed by atoms with E-state index in [2.05, 4.69) is 25.9 Å². The monoisotopic (exact) mass is 738 g/mol. The lowest BCUT2D eigenvalue weighted by atomic mass is 9.79. The van der Waals surface area contributed by atoms with Gasteiger partial charge in [0.15, 0.2) is 0 Å². The Bertz CT molecular complexity index is 1680. The van der Waals surface area contributed by atoms with E-state index in [0.717, 1.165) is 31.5 Å². The van der Waals surface area contributed by atoms with Crippen LogP contribution < -0.4 is 27.5 Å². The summed E-state index contributed by atoms with van der Waals surface area (Å²) in [5.74, 6) is 0. The van der Waals surface area contributed by atoms with Gasteiger partial charge in [-0.3, -0.25) is 0 Å². The van der Waals surface area contributed by atoms with Crippen LogP contribution in [0.2, 0.25) is 0 Å². The maximum atomic E-state index is 12.3. The Morgan fingerprint density at radius 2 is 1.25 bits per heavy atom. The van der Waals surface area contributed by atoms with Gasteiger partial charge in [-0.25, -0.2) is 9.97 Å². The molecule has 3 heterocycles. The fourth-order valence-corrected chi connectivity index (χ4v) is 8.07. The molecular weight excluding hydrogens is 697 g/mol. The summed E-state index contributed by atoms with van der Waals surface area (Å²) < 4.78 is 37.4. The topological polar surface area (TPSA) is 130 Å². The Balaban J connectivity index is 0.000000199. The number of anilines is 2. The second kappa shape index (κ2) is 13.9.